The molecule has 1 aromatic carbocycles. The van der Waals surface area contributed by atoms with Gasteiger partial charge in [-0.25, -0.2) is 0 Å². The predicted octanol–water partition coefficient (Wildman–Crippen LogP) is 4.83. The van der Waals surface area contributed by atoms with E-state index in [1.165, 1.54) is 6.07 Å². The number of aromatic nitrogens is 2. The lowest BCUT2D eigenvalue weighted by Crippen LogP contribution is -2.09. The first kappa shape index (κ1) is 15.6. The van der Waals surface area contributed by atoms with E-state index in [1.807, 2.05) is 0 Å². The maximum atomic E-state index is 12.7. The largest absolute Gasteiger partial charge is 0.419 e. The summed E-state index contributed by atoms with van der Waals surface area (Å²) >= 11 is 5.30. The zero-order chi connectivity index (χ0) is 15.8. The van der Waals surface area contributed by atoms with Crippen LogP contribution in [0.15, 0.2) is 30.3 Å². The second-order valence-electron chi connectivity index (χ2n) is 4.01. The summed E-state index contributed by atoms with van der Waals surface area (Å²) in [5.41, 5.74) is -2.74. The molecule has 1 heterocycles. The summed E-state index contributed by atoms with van der Waals surface area (Å²) in [4.78, 5) is 0. The predicted molar refractivity (Wildman–Crippen MR) is 62.5 cm³/mol. The Balaban J connectivity index is 2.53. The molecule has 2 rings (SSSR count). The Morgan fingerprint density at radius 2 is 1.52 bits per heavy atom. The van der Waals surface area contributed by atoms with E-state index in [9.17, 15) is 26.3 Å². The maximum absolute atomic E-state index is 12.7. The van der Waals surface area contributed by atoms with Crippen molar-refractivity contribution in [1.82, 2.24) is 10.2 Å². The normalized spacial score (nSPS) is 12.5. The molecule has 0 atom stereocenters. The minimum absolute atomic E-state index is 0.139. The average molecular weight is 327 g/mol. The summed E-state index contributed by atoms with van der Waals surface area (Å²) in [5.74, 6) is 0. The zero-order valence-electron chi connectivity index (χ0n) is 9.93. The fraction of sp³-hybridized carbons (Fsp3) is 0.167. The van der Waals surface area contributed by atoms with Gasteiger partial charge in [-0.15, -0.1) is 10.2 Å². The van der Waals surface area contributed by atoms with E-state index < -0.39 is 28.6 Å². The molecule has 0 fully saturated rings. The third-order valence-electron chi connectivity index (χ3n) is 2.54. The molecule has 0 saturated carbocycles. The van der Waals surface area contributed by atoms with Crippen LogP contribution in [0.1, 0.15) is 11.1 Å². The minimum Gasteiger partial charge on any atom is -0.166 e. The van der Waals surface area contributed by atoms with E-state index in [0.29, 0.717) is 12.1 Å². The van der Waals surface area contributed by atoms with Crippen LogP contribution < -0.4 is 0 Å². The van der Waals surface area contributed by atoms with Crippen LogP contribution >= 0.6 is 11.6 Å². The minimum atomic E-state index is -4.77. The summed E-state index contributed by atoms with van der Waals surface area (Å²) < 4.78 is 75.8. The molecule has 0 aliphatic carbocycles. The van der Waals surface area contributed by atoms with E-state index >= 15 is 0 Å². The van der Waals surface area contributed by atoms with Crippen molar-refractivity contribution in [3.8, 4) is 11.3 Å². The molecular weight excluding hydrogens is 322 g/mol. The van der Waals surface area contributed by atoms with Crippen LogP contribution in [0.4, 0.5) is 26.3 Å². The van der Waals surface area contributed by atoms with Gasteiger partial charge in [0, 0.05) is 5.56 Å². The average Bonchev–Trinajstić information content (AvgIpc) is 2.37. The Labute approximate surface area is 119 Å². The summed E-state index contributed by atoms with van der Waals surface area (Å²) in [6.45, 7) is 0. The Hall–Kier alpha value is -1.83. The molecule has 112 valence electrons. The van der Waals surface area contributed by atoms with Crippen molar-refractivity contribution >= 4 is 11.6 Å². The molecule has 0 spiro atoms. The van der Waals surface area contributed by atoms with Gasteiger partial charge in [-0.2, -0.15) is 26.3 Å². The number of rotatable bonds is 1. The molecular formula is C12H5ClF6N2. The SMILES string of the molecule is FC(F)(F)c1cccc(-c2cc(C(F)(F)F)c(Cl)nn2)c1. The van der Waals surface area contributed by atoms with Crippen molar-refractivity contribution in [1.29, 1.82) is 0 Å². The van der Waals surface area contributed by atoms with Crippen LogP contribution in [0.5, 0.6) is 0 Å². The molecule has 2 nitrogen and oxygen atoms in total. The smallest absolute Gasteiger partial charge is 0.166 e. The van der Waals surface area contributed by atoms with Gasteiger partial charge in [0.05, 0.1) is 16.8 Å². The Bertz CT molecular complexity index is 666. The van der Waals surface area contributed by atoms with Gasteiger partial charge in [0.25, 0.3) is 0 Å². The second-order valence-corrected chi connectivity index (χ2v) is 4.37. The van der Waals surface area contributed by atoms with E-state index in [-0.39, 0.29) is 11.3 Å². The molecule has 0 N–H and O–H groups in total. The number of nitrogens with zero attached hydrogens (tertiary/aromatic N) is 2. The molecule has 0 saturated heterocycles. The van der Waals surface area contributed by atoms with Crippen molar-refractivity contribution in [3.05, 3.63) is 46.6 Å². The molecule has 21 heavy (non-hydrogen) atoms. The molecule has 2 aromatic rings. The van der Waals surface area contributed by atoms with Gasteiger partial charge >= 0.3 is 12.4 Å². The number of benzene rings is 1. The fourth-order valence-corrected chi connectivity index (χ4v) is 1.77. The quantitative estimate of drug-likeness (QED) is 0.701. The van der Waals surface area contributed by atoms with Gasteiger partial charge in [-0.1, -0.05) is 23.7 Å². The van der Waals surface area contributed by atoms with Gasteiger partial charge in [-0.3, -0.25) is 0 Å². The topological polar surface area (TPSA) is 25.8 Å². The molecule has 0 aliphatic heterocycles. The highest BCUT2D eigenvalue weighted by molar-refractivity contribution is 6.30. The second kappa shape index (κ2) is 5.18. The lowest BCUT2D eigenvalue weighted by molar-refractivity contribution is -0.138. The Morgan fingerprint density at radius 3 is 2.10 bits per heavy atom. The first-order valence-electron chi connectivity index (χ1n) is 5.37. The van der Waals surface area contributed by atoms with Crippen LogP contribution in [-0.2, 0) is 12.4 Å². The molecule has 0 amide bonds. The first-order chi connectivity index (χ1) is 9.59. The summed E-state index contributed by atoms with van der Waals surface area (Å²) in [5, 5.41) is 5.66. The van der Waals surface area contributed by atoms with E-state index in [0.717, 1.165) is 12.1 Å². The summed E-state index contributed by atoms with van der Waals surface area (Å²) in [6.07, 6.45) is -9.38. The highest BCUT2D eigenvalue weighted by atomic mass is 35.5. The van der Waals surface area contributed by atoms with Crippen molar-refractivity contribution < 1.29 is 26.3 Å². The number of hydrogen-bond acceptors (Lipinski definition) is 2. The summed E-state index contributed by atoms with van der Waals surface area (Å²) in [7, 11) is 0. The first-order valence-corrected chi connectivity index (χ1v) is 5.75. The summed E-state index contributed by atoms with van der Waals surface area (Å²) in [6, 6.07) is 4.33. The highest BCUT2D eigenvalue weighted by Gasteiger charge is 2.35. The van der Waals surface area contributed by atoms with Crippen LogP contribution in [0.2, 0.25) is 5.15 Å². The van der Waals surface area contributed by atoms with E-state index in [4.69, 9.17) is 11.6 Å². The van der Waals surface area contributed by atoms with Crippen LogP contribution in [0, 0.1) is 0 Å². The van der Waals surface area contributed by atoms with Gasteiger partial charge in [0.15, 0.2) is 5.15 Å². The monoisotopic (exact) mass is 326 g/mol. The molecule has 0 bridgehead atoms. The van der Waals surface area contributed by atoms with Crippen molar-refractivity contribution in [2.24, 2.45) is 0 Å². The van der Waals surface area contributed by atoms with Crippen LogP contribution in [0.3, 0.4) is 0 Å². The highest BCUT2D eigenvalue weighted by Crippen LogP contribution is 2.36. The lowest BCUT2D eigenvalue weighted by atomic mass is 10.1. The van der Waals surface area contributed by atoms with Crippen LogP contribution in [0.25, 0.3) is 11.3 Å². The molecule has 9 heteroatoms. The van der Waals surface area contributed by atoms with Crippen LogP contribution in [-0.4, -0.2) is 10.2 Å². The Kier molecular flexibility index (Phi) is 3.83. The third-order valence-corrected chi connectivity index (χ3v) is 2.82. The fourth-order valence-electron chi connectivity index (χ4n) is 1.57. The van der Waals surface area contributed by atoms with Crippen molar-refractivity contribution in [2.75, 3.05) is 0 Å². The van der Waals surface area contributed by atoms with Gasteiger partial charge in [0.2, 0.25) is 0 Å². The molecule has 0 aliphatic rings. The van der Waals surface area contributed by atoms with Gasteiger partial charge < -0.3 is 0 Å². The standard InChI is InChI=1S/C12H5ClF6N2/c13-10-8(12(17,18)19)5-9(20-21-10)6-2-1-3-7(4-6)11(14,15)16/h1-5H. The number of hydrogen-bond donors (Lipinski definition) is 0. The Morgan fingerprint density at radius 1 is 0.857 bits per heavy atom. The maximum Gasteiger partial charge on any atom is 0.419 e. The molecule has 1 aromatic heterocycles. The van der Waals surface area contributed by atoms with Crippen molar-refractivity contribution in [2.45, 2.75) is 12.4 Å². The van der Waals surface area contributed by atoms with Gasteiger partial charge in [0.1, 0.15) is 0 Å². The lowest BCUT2D eigenvalue weighted by Gasteiger charge is -2.11. The van der Waals surface area contributed by atoms with E-state index in [1.54, 1.807) is 0 Å². The van der Waals surface area contributed by atoms with Gasteiger partial charge in [-0.05, 0) is 18.2 Å². The number of halogens is 7. The van der Waals surface area contributed by atoms with Crippen molar-refractivity contribution in [3.63, 3.8) is 0 Å². The third kappa shape index (κ3) is 3.44. The van der Waals surface area contributed by atoms with E-state index in [2.05, 4.69) is 10.2 Å². The molecule has 0 unspecified atom stereocenters. The molecule has 0 radical (unpaired) electrons. The zero-order valence-corrected chi connectivity index (χ0v) is 10.7. The number of alkyl halides is 6.